The van der Waals surface area contributed by atoms with Gasteiger partial charge in [0, 0.05) is 18.1 Å². The van der Waals surface area contributed by atoms with Gasteiger partial charge in [-0.25, -0.2) is 9.18 Å². The fraction of sp³-hybridized carbons (Fsp3) is 0.0625. The van der Waals surface area contributed by atoms with Crippen molar-refractivity contribution in [2.24, 2.45) is 0 Å². The second-order valence-corrected chi connectivity index (χ2v) is 5.15. The van der Waals surface area contributed by atoms with Gasteiger partial charge < -0.3 is 9.67 Å². The number of carboxylic acid groups (broad SMARTS) is 1. The van der Waals surface area contributed by atoms with Gasteiger partial charge in [0.15, 0.2) is 0 Å². The maximum atomic E-state index is 13.7. The lowest BCUT2D eigenvalue weighted by molar-refractivity contribution is 0.0692. The first-order valence-corrected chi connectivity index (χ1v) is 6.69. The van der Waals surface area contributed by atoms with Crippen LogP contribution >= 0.6 is 11.6 Å². The Bertz CT molecular complexity index is 841. The second kappa shape index (κ2) is 5.22. The highest BCUT2D eigenvalue weighted by Crippen LogP contribution is 2.25. The lowest BCUT2D eigenvalue weighted by Gasteiger charge is -2.08. The first-order valence-electron chi connectivity index (χ1n) is 6.31. The SMILES string of the molecule is O=C(O)c1ccc(Cn2ccc3cccc(Cl)c32)cc1F. The van der Waals surface area contributed by atoms with E-state index in [1.54, 1.807) is 12.1 Å². The molecule has 1 aromatic heterocycles. The van der Waals surface area contributed by atoms with Crippen LogP contribution < -0.4 is 0 Å². The van der Waals surface area contributed by atoms with Crippen LogP contribution in [0.1, 0.15) is 15.9 Å². The van der Waals surface area contributed by atoms with E-state index in [1.807, 2.05) is 29.0 Å². The Kier molecular flexibility index (Phi) is 3.39. The van der Waals surface area contributed by atoms with Crippen LogP contribution in [0, 0.1) is 5.82 Å². The highest BCUT2D eigenvalue weighted by molar-refractivity contribution is 6.35. The smallest absolute Gasteiger partial charge is 0.338 e. The molecule has 106 valence electrons. The van der Waals surface area contributed by atoms with Crippen LogP contribution in [0.4, 0.5) is 4.39 Å². The van der Waals surface area contributed by atoms with Crippen LogP contribution in [0.2, 0.25) is 5.02 Å². The van der Waals surface area contributed by atoms with Crippen LogP contribution in [0.25, 0.3) is 10.9 Å². The van der Waals surface area contributed by atoms with Gasteiger partial charge in [-0.15, -0.1) is 0 Å². The molecule has 3 rings (SSSR count). The number of hydrogen-bond donors (Lipinski definition) is 1. The molecule has 0 aliphatic rings. The molecule has 1 N–H and O–H groups in total. The molecule has 0 radical (unpaired) electrons. The number of nitrogens with zero attached hydrogens (tertiary/aromatic N) is 1. The average Bonchev–Trinajstić information content (AvgIpc) is 2.83. The molecule has 0 saturated carbocycles. The van der Waals surface area contributed by atoms with Crippen LogP contribution in [0.5, 0.6) is 0 Å². The molecule has 1 heterocycles. The van der Waals surface area contributed by atoms with Crippen molar-refractivity contribution >= 4 is 28.5 Å². The number of aromatic carboxylic acids is 1. The molecule has 0 spiro atoms. The Morgan fingerprint density at radius 2 is 2.05 bits per heavy atom. The van der Waals surface area contributed by atoms with Crippen molar-refractivity contribution < 1.29 is 14.3 Å². The van der Waals surface area contributed by atoms with Gasteiger partial charge in [0.2, 0.25) is 0 Å². The quantitative estimate of drug-likeness (QED) is 0.788. The summed E-state index contributed by atoms with van der Waals surface area (Å²) in [5, 5.41) is 10.5. The predicted molar refractivity (Wildman–Crippen MR) is 79.4 cm³/mol. The van der Waals surface area contributed by atoms with Gasteiger partial charge in [0.1, 0.15) is 5.82 Å². The Labute approximate surface area is 125 Å². The molecule has 0 aliphatic heterocycles. The van der Waals surface area contributed by atoms with Crippen molar-refractivity contribution in [3.63, 3.8) is 0 Å². The number of benzene rings is 2. The molecule has 21 heavy (non-hydrogen) atoms. The molecule has 3 nitrogen and oxygen atoms in total. The Hall–Kier alpha value is -2.33. The summed E-state index contributed by atoms with van der Waals surface area (Å²) in [5.41, 5.74) is 1.23. The van der Waals surface area contributed by atoms with Crippen molar-refractivity contribution in [1.29, 1.82) is 0 Å². The highest BCUT2D eigenvalue weighted by Gasteiger charge is 2.11. The van der Waals surface area contributed by atoms with Crippen molar-refractivity contribution in [1.82, 2.24) is 4.57 Å². The predicted octanol–water partition coefficient (Wildman–Crippen LogP) is 4.18. The number of rotatable bonds is 3. The normalized spacial score (nSPS) is 11.0. The molecule has 0 atom stereocenters. The molecule has 5 heteroatoms. The number of hydrogen-bond acceptors (Lipinski definition) is 1. The number of aromatic nitrogens is 1. The number of carboxylic acids is 1. The van der Waals surface area contributed by atoms with E-state index in [1.165, 1.54) is 12.1 Å². The molecule has 0 amide bonds. The fourth-order valence-corrected chi connectivity index (χ4v) is 2.66. The van der Waals surface area contributed by atoms with E-state index >= 15 is 0 Å². The second-order valence-electron chi connectivity index (χ2n) is 4.74. The van der Waals surface area contributed by atoms with Gasteiger partial charge in [0.05, 0.1) is 16.1 Å². The maximum Gasteiger partial charge on any atom is 0.338 e. The molecule has 0 unspecified atom stereocenters. The van der Waals surface area contributed by atoms with Crippen molar-refractivity contribution in [2.75, 3.05) is 0 Å². The van der Waals surface area contributed by atoms with Gasteiger partial charge in [-0.3, -0.25) is 0 Å². The van der Waals surface area contributed by atoms with Crippen molar-refractivity contribution in [3.8, 4) is 0 Å². The maximum absolute atomic E-state index is 13.7. The van der Waals surface area contributed by atoms with Crippen LogP contribution in [-0.2, 0) is 6.54 Å². The third-order valence-corrected chi connectivity index (χ3v) is 3.66. The molecule has 0 aliphatic carbocycles. The van der Waals surface area contributed by atoms with E-state index in [0.717, 1.165) is 10.9 Å². The van der Waals surface area contributed by atoms with Gasteiger partial charge in [-0.1, -0.05) is 29.8 Å². The van der Waals surface area contributed by atoms with E-state index in [9.17, 15) is 9.18 Å². The summed E-state index contributed by atoms with van der Waals surface area (Å²) < 4.78 is 15.6. The third kappa shape index (κ3) is 2.50. The minimum absolute atomic E-state index is 0.325. The summed E-state index contributed by atoms with van der Waals surface area (Å²) in [7, 11) is 0. The monoisotopic (exact) mass is 303 g/mol. The van der Waals surface area contributed by atoms with E-state index in [0.29, 0.717) is 17.1 Å². The first kappa shape index (κ1) is 13.6. The fourth-order valence-electron chi connectivity index (χ4n) is 2.37. The summed E-state index contributed by atoms with van der Waals surface area (Å²) in [4.78, 5) is 10.8. The number of fused-ring (bicyclic) bond motifs is 1. The topological polar surface area (TPSA) is 42.2 Å². The minimum atomic E-state index is -1.27. The zero-order valence-corrected chi connectivity index (χ0v) is 11.6. The lowest BCUT2D eigenvalue weighted by atomic mass is 10.1. The molecule has 0 fully saturated rings. The number of para-hydroxylation sites is 1. The minimum Gasteiger partial charge on any atom is -0.478 e. The summed E-state index contributed by atoms with van der Waals surface area (Å²) in [6.07, 6.45) is 1.87. The van der Waals surface area contributed by atoms with Gasteiger partial charge in [0.25, 0.3) is 0 Å². The molecule has 0 bridgehead atoms. The standard InChI is InChI=1S/C16H11ClFNO2/c17-13-3-1-2-11-6-7-19(15(11)13)9-10-4-5-12(16(20)21)14(18)8-10/h1-8H,9H2,(H,20,21). The first-order chi connectivity index (χ1) is 10.1. The average molecular weight is 304 g/mol. The highest BCUT2D eigenvalue weighted by atomic mass is 35.5. The molecular formula is C16H11ClFNO2. The van der Waals surface area contributed by atoms with Crippen molar-refractivity contribution in [2.45, 2.75) is 6.54 Å². The Morgan fingerprint density at radius 1 is 1.24 bits per heavy atom. The lowest BCUT2D eigenvalue weighted by Crippen LogP contribution is -2.03. The van der Waals surface area contributed by atoms with E-state index in [2.05, 4.69) is 0 Å². The summed E-state index contributed by atoms with van der Waals surface area (Å²) in [6, 6.07) is 11.7. The van der Waals surface area contributed by atoms with Gasteiger partial charge in [-0.2, -0.15) is 0 Å². The zero-order chi connectivity index (χ0) is 15.0. The van der Waals surface area contributed by atoms with Gasteiger partial charge in [-0.05, 0) is 29.8 Å². The largest absolute Gasteiger partial charge is 0.478 e. The van der Waals surface area contributed by atoms with Crippen molar-refractivity contribution in [3.05, 3.63) is 70.6 Å². The van der Waals surface area contributed by atoms with E-state index < -0.39 is 11.8 Å². The van der Waals surface area contributed by atoms with Crippen LogP contribution in [-0.4, -0.2) is 15.6 Å². The van der Waals surface area contributed by atoms with Crippen LogP contribution in [0.3, 0.4) is 0 Å². The van der Waals surface area contributed by atoms with E-state index in [-0.39, 0.29) is 5.56 Å². The summed E-state index contributed by atoms with van der Waals surface area (Å²) >= 11 is 6.20. The summed E-state index contributed by atoms with van der Waals surface area (Å²) in [6.45, 7) is 0.421. The molecular weight excluding hydrogens is 293 g/mol. The molecule has 0 saturated heterocycles. The molecule has 3 aromatic rings. The third-order valence-electron chi connectivity index (χ3n) is 3.36. The number of carbonyl (C=O) groups is 1. The van der Waals surface area contributed by atoms with Gasteiger partial charge >= 0.3 is 5.97 Å². The Balaban J connectivity index is 1.99. The zero-order valence-electron chi connectivity index (χ0n) is 10.9. The number of halogens is 2. The van der Waals surface area contributed by atoms with E-state index in [4.69, 9.17) is 16.7 Å². The molecule has 2 aromatic carbocycles. The van der Waals surface area contributed by atoms with Crippen LogP contribution in [0.15, 0.2) is 48.7 Å². The Morgan fingerprint density at radius 3 is 2.76 bits per heavy atom. The summed E-state index contributed by atoms with van der Waals surface area (Å²) in [5.74, 6) is -2.00.